The number of nitrogens with one attached hydrogen (secondary N) is 2. The van der Waals surface area contributed by atoms with Crippen molar-refractivity contribution in [2.45, 2.75) is 45.1 Å². The number of amides is 2. The van der Waals surface area contributed by atoms with Crippen LogP contribution in [0.4, 0.5) is 0 Å². The lowest BCUT2D eigenvalue weighted by atomic mass is 10.0. The minimum Gasteiger partial charge on any atom is -0.366 e. The van der Waals surface area contributed by atoms with Crippen molar-refractivity contribution < 1.29 is 19.4 Å². The smallest absolute Gasteiger partial charge is 0.244 e. The molecule has 1 saturated heterocycles. The van der Waals surface area contributed by atoms with Crippen molar-refractivity contribution in [1.29, 1.82) is 0 Å². The third kappa shape index (κ3) is 6.32. The minimum absolute atomic E-state index is 0.235. The van der Waals surface area contributed by atoms with E-state index in [-0.39, 0.29) is 17.7 Å². The summed E-state index contributed by atoms with van der Waals surface area (Å²) >= 11 is 0. The first-order valence-corrected chi connectivity index (χ1v) is 8.59. The molecule has 0 radical (unpaired) electrons. The molecule has 2 rings (SSSR count). The van der Waals surface area contributed by atoms with Crippen LogP contribution in [0.2, 0.25) is 0 Å². The van der Waals surface area contributed by atoms with Crippen molar-refractivity contribution in [3.8, 4) is 0 Å². The van der Waals surface area contributed by atoms with Crippen LogP contribution in [0.1, 0.15) is 32.3 Å². The highest BCUT2D eigenvalue weighted by Gasteiger charge is 2.30. The van der Waals surface area contributed by atoms with E-state index in [1.165, 1.54) is 6.08 Å². The van der Waals surface area contributed by atoms with Gasteiger partial charge in [0.05, 0.1) is 12.6 Å². The Labute approximate surface area is 148 Å². The Morgan fingerprint density at radius 1 is 1.32 bits per heavy atom. The molecule has 136 valence electrons. The van der Waals surface area contributed by atoms with Crippen molar-refractivity contribution in [3.05, 3.63) is 42.0 Å². The second kappa shape index (κ2) is 9.34. The molecule has 1 aliphatic heterocycles. The highest BCUT2D eigenvalue weighted by atomic mass is 16.6. The van der Waals surface area contributed by atoms with Crippen molar-refractivity contribution in [2.75, 3.05) is 6.61 Å². The Kier molecular flexibility index (Phi) is 7.16. The molecule has 1 fully saturated rings. The summed E-state index contributed by atoms with van der Waals surface area (Å²) in [6.07, 6.45) is 3.21. The number of hydrogen-bond acceptors (Lipinski definition) is 4. The molecule has 0 saturated carbocycles. The van der Waals surface area contributed by atoms with Gasteiger partial charge in [-0.15, -0.1) is 0 Å². The maximum absolute atomic E-state index is 12.5. The number of carbonyl (C=O) groups excluding carboxylic acids is 2. The van der Waals surface area contributed by atoms with Crippen molar-refractivity contribution in [3.63, 3.8) is 0 Å². The van der Waals surface area contributed by atoms with Crippen LogP contribution in [0, 0.1) is 5.92 Å². The number of carbonyl (C=O) groups is 2. The van der Waals surface area contributed by atoms with E-state index in [0.29, 0.717) is 19.4 Å². The third-order valence-electron chi connectivity index (χ3n) is 3.96. The SMILES string of the molecule is CC(C)CC(NC(=O)C=Cc1ccccc1)C(=O)N[C@H]1CCOC1O. The molecule has 6 heteroatoms. The normalized spacial score (nSPS) is 21.4. The van der Waals surface area contributed by atoms with E-state index in [4.69, 9.17) is 4.74 Å². The maximum atomic E-state index is 12.5. The average Bonchev–Trinajstić information content (AvgIpc) is 2.98. The Bertz CT molecular complexity index is 601. The summed E-state index contributed by atoms with van der Waals surface area (Å²) in [5.74, 6) is -0.392. The van der Waals surface area contributed by atoms with E-state index >= 15 is 0 Å². The van der Waals surface area contributed by atoms with E-state index in [0.717, 1.165) is 5.56 Å². The molecule has 1 aromatic rings. The first kappa shape index (κ1) is 19.1. The van der Waals surface area contributed by atoms with Gasteiger partial charge >= 0.3 is 0 Å². The molecule has 0 bridgehead atoms. The van der Waals surface area contributed by atoms with Gasteiger partial charge < -0.3 is 20.5 Å². The van der Waals surface area contributed by atoms with E-state index in [1.807, 2.05) is 44.2 Å². The van der Waals surface area contributed by atoms with Crippen molar-refractivity contribution >= 4 is 17.9 Å². The van der Waals surface area contributed by atoms with Gasteiger partial charge in [-0.05, 0) is 30.4 Å². The van der Waals surface area contributed by atoms with Crippen LogP contribution >= 0.6 is 0 Å². The van der Waals surface area contributed by atoms with Gasteiger partial charge in [0.15, 0.2) is 6.29 Å². The summed E-state index contributed by atoms with van der Waals surface area (Å²) in [4.78, 5) is 24.6. The van der Waals surface area contributed by atoms with Gasteiger partial charge in [-0.2, -0.15) is 0 Å². The molecule has 6 nitrogen and oxygen atoms in total. The largest absolute Gasteiger partial charge is 0.366 e. The fourth-order valence-corrected chi connectivity index (χ4v) is 2.66. The van der Waals surface area contributed by atoms with Gasteiger partial charge in [-0.3, -0.25) is 9.59 Å². The number of hydrogen-bond donors (Lipinski definition) is 3. The van der Waals surface area contributed by atoms with Crippen molar-refractivity contribution in [2.24, 2.45) is 5.92 Å². The molecular formula is C19H26N2O4. The van der Waals surface area contributed by atoms with E-state index in [9.17, 15) is 14.7 Å². The fraction of sp³-hybridized carbons (Fsp3) is 0.474. The van der Waals surface area contributed by atoms with Crippen LogP contribution in [-0.2, 0) is 14.3 Å². The predicted octanol–water partition coefficient (Wildman–Crippen LogP) is 1.45. The summed E-state index contributed by atoms with van der Waals surface area (Å²) in [5.41, 5.74) is 0.911. The highest BCUT2D eigenvalue weighted by molar-refractivity contribution is 5.95. The second-order valence-corrected chi connectivity index (χ2v) is 6.60. The molecule has 2 amide bonds. The molecule has 25 heavy (non-hydrogen) atoms. The summed E-state index contributed by atoms with van der Waals surface area (Å²) in [6.45, 7) is 4.38. The maximum Gasteiger partial charge on any atom is 0.244 e. The first-order chi connectivity index (χ1) is 12.0. The lowest BCUT2D eigenvalue weighted by molar-refractivity contribution is -0.130. The van der Waals surface area contributed by atoms with E-state index < -0.39 is 18.4 Å². The molecule has 1 heterocycles. The van der Waals surface area contributed by atoms with Crippen LogP contribution in [-0.4, -0.2) is 41.9 Å². The van der Waals surface area contributed by atoms with Crippen LogP contribution < -0.4 is 10.6 Å². The topological polar surface area (TPSA) is 87.7 Å². The Hall–Kier alpha value is -2.18. The molecule has 3 atom stereocenters. The fourth-order valence-electron chi connectivity index (χ4n) is 2.66. The second-order valence-electron chi connectivity index (χ2n) is 6.60. The van der Waals surface area contributed by atoms with Gasteiger partial charge in [0, 0.05) is 6.08 Å². The highest BCUT2D eigenvalue weighted by Crippen LogP contribution is 2.12. The van der Waals surface area contributed by atoms with E-state index in [2.05, 4.69) is 10.6 Å². The number of ether oxygens (including phenoxy) is 1. The Balaban J connectivity index is 1.95. The number of aliphatic hydroxyl groups is 1. The molecule has 1 aliphatic rings. The zero-order valence-corrected chi connectivity index (χ0v) is 14.6. The molecule has 0 spiro atoms. The van der Waals surface area contributed by atoms with Crippen molar-refractivity contribution in [1.82, 2.24) is 10.6 Å². The van der Waals surface area contributed by atoms with Crippen LogP contribution in [0.3, 0.4) is 0 Å². The quantitative estimate of drug-likeness (QED) is 0.652. The first-order valence-electron chi connectivity index (χ1n) is 8.59. The molecule has 0 aromatic heterocycles. The van der Waals surface area contributed by atoms with E-state index in [1.54, 1.807) is 6.08 Å². The van der Waals surface area contributed by atoms with Gasteiger partial charge in [0.2, 0.25) is 11.8 Å². The van der Waals surface area contributed by atoms with Gasteiger partial charge in [0.25, 0.3) is 0 Å². The predicted molar refractivity (Wildman–Crippen MR) is 95.4 cm³/mol. The Morgan fingerprint density at radius 2 is 2.04 bits per heavy atom. The van der Waals surface area contributed by atoms with Crippen LogP contribution in [0.15, 0.2) is 36.4 Å². The number of aliphatic hydroxyl groups excluding tert-OH is 1. The zero-order chi connectivity index (χ0) is 18.2. The number of rotatable bonds is 7. The molecule has 2 unspecified atom stereocenters. The average molecular weight is 346 g/mol. The zero-order valence-electron chi connectivity index (χ0n) is 14.6. The standard InChI is InChI=1S/C19H26N2O4/c1-13(2)12-16(18(23)21-15-10-11-25-19(15)24)20-17(22)9-8-14-6-4-3-5-7-14/h3-9,13,15-16,19,24H,10-12H2,1-2H3,(H,20,22)(H,21,23)/t15-,16?,19?/m0/s1. The monoisotopic (exact) mass is 346 g/mol. The lowest BCUT2D eigenvalue weighted by Crippen LogP contribution is -2.51. The Morgan fingerprint density at radius 3 is 2.64 bits per heavy atom. The molecular weight excluding hydrogens is 320 g/mol. The van der Waals surface area contributed by atoms with Gasteiger partial charge in [-0.1, -0.05) is 44.2 Å². The number of benzene rings is 1. The minimum atomic E-state index is -0.989. The molecule has 3 N–H and O–H groups in total. The van der Waals surface area contributed by atoms with Gasteiger partial charge in [0.1, 0.15) is 6.04 Å². The molecule has 1 aromatic carbocycles. The lowest BCUT2D eigenvalue weighted by Gasteiger charge is -2.22. The van der Waals surface area contributed by atoms with Crippen LogP contribution in [0.25, 0.3) is 6.08 Å². The summed E-state index contributed by atoms with van der Waals surface area (Å²) < 4.78 is 5.04. The summed E-state index contributed by atoms with van der Waals surface area (Å²) in [6, 6.07) is 8.39. The summed E-state index contributed by atoms with van der Waals surface area (Å²) in [7, 11) is 0. The van der Waals surface area contributed by atoms with Gasteiger partial charge in [-0.25, -0.2) is 0 Å². The van der Waals surface area contributed by atoms with Crippen LogP contribution in [0.5, 0.6) is 0 Å². The molecule has 0 aliphatic carbocycles. The third-order valence-corrected chi connectivity index (χ3v) is 3.96. The summed E-state index contributed by atoms with van der Waals surface area (Å²) in [5, 5.41) is 15.2.